The second-order valence-corrected chi connectivity index (χ2v) is 5.22. The third-order valence-corrected chi connectivity index (χ3v) is 3.30. The third-order valence-electron chi connectivity index (χ3n) is 2.18. The van der Waals surface area contributed by atoms with Crippen LogP contribution in [0.2, 0.25) is 0 Å². The molecule has 0 heterocycles. The van der Waals surface area contributed by atoms with Gasteiger partial charge in [-0.25, -0.2) is 8.78 Å². The van der Waals surface area contributed by atoms with E-state index in [1.807, 2.05) is 13.8 Å². The van der Waals surface area contributed by atoms with Gasteiger partial charge in [0.25, 0.3) is 0 Å². The summed E-state index contributed by atoms with van der Waals surface area (Å²) in [5, 5.41) is 2.97. The first-order chi connectivity index (χ1) is 8.40. The number of nitrogens with two attached hydrogens (primary N) is 1. The largest absolute Gasteiger partial charge is 0.368 e. The van der Waals surface area contributed by atoms with Gasteiger partial charge >= 0.3 is 0 Å². The Bertz CT molecular complexity index is 427. The Morgan fingerprint density at radius 3 is 2.67 bits per heavy atom. The fourth-order valence-corrected chi connectivity index (χ4v) is 2.38. The maximum absolute atomic E-state index is 13.4. The molecule has 1 rings (SSSR count). The highest BCUT2D eigenvalue weighted by Gasteiger charge is 2.17. The molecular weight excluding hydrogens is 258 g/mol. The molecule has 0 aliphatic carbocycles. The summed E-state index contributed by atoms with van der Waals surface area (Å²) in [6.45, 7) is 3.76. The molecule has 100 valence electrons. The minimum Gasteiger partial charge on any atom is -0.368 e. The number of rotatable bonds is 6. The first-order valence-corrected chi connectivity index (χ1v) is 6.52. The summed E-state index contributed by atoms with van der Waals surface area (Å²) in [6.07, 6.45) is 0. The van der Waals surface area contributed by atoms with Crippen LogP contribution in [0.5, 0.6) is 0 Å². The maximum Gasteiger partial charge on any atom is 0.235 e. The smallest absolute Gasteiger partial charge is 0.235 e. The zero-order chi connectivity index (χ0) is 13.7. The Kier molecular flexibility index (Phi) is 5.55. The molecule has 0 radical (unpaired) electrons. The van der Waals surface area contributed by atoms with Crippen molar-refractivity contribution in [3.8, 4) is 0 Å². The lowest BCUT2D eigenvalue weighted by molar-refractivity contribution is -0.119. The molecule has 1 aromatic rings. The molecule has 3 nitrogen and oxygen atoms in total. The monoisotopic (exact) mass is 274 g/mol. The number of carbonyl (C=O) groups excluding carboxylic acids is 1. The molecule has 0 saturated carbocycles. The average Bonchev–Trinajstić information content (AvgIpc) is 2.27. The van der Waals surface area contributed by atoms with Crippen LogP contribution < -0.4 is 11.1 Å². The first-order valence-electron chi connectivity index (χ1n) is 5.53. The summed E-state index contributed by atoms with van der Waals surface area (Å²) in [5.41, 5.74) is 5.23. The van der Waals surface area contributed by atoms with Crippen molar-refractivity contribution < 1.29 is 13.6 Å². The Morgan fingerprint density at radius 1 is 1.44 bits per heavy atom. The number of amides is 1. The number of nitrogens with one attached hydrogen (secondary N) is 1. The van der Waals surface area contributed by atoms with Gasteiger partial charge in [-0.2, -0.15) is 0 Å². The molecule has 0 aliphatic rings. The van der Waals surface area contributed by atoms with Gasteiger partial charge in [-0.15, -0.1) is 11.8 Å². The highest BCUT2D eigenvalue weighted by atomic mass is 32.2. The molecule has 3 N–H and O–H groups in total. The summed E-state index contributed by atoms with van der Waals surface area (Å²) in [6, 6.07) is 2.73. The second-order valence-electron chi connectivity index (χ2n) is 4.16. The molecule has 1 unspecified atom stereocenters. The molecule has 0 aromatic heterocycles. The molecule has 1 aromatic carbocycles. The lowest BCUT2D eigenvalue weighted by atomic mass is 10.3. The SMILES string of the molecule is CC(C)NC(CSc1cc(F)ccc1F)C(N)=O. The van der Waals surface area contributed by atoms with Crippen LogP contribution in [0.4, 0.5) is 8.78 Å². The van der Waals surface area contributed by atoms with Crippen LogP contribution in [0.3, 0.4) is 0 Å². The van der Waals surface area contributed by atoms with Gasteiger partial charge in [0.1, 0.15) is 11.6 Å². The molecule has 0 fully saturated rings. The third kappa shape index (κ3) is 4.62. The number of benzene rings is 1. The number of primary amides is 1. The molecule has 6 heteroatoms. The highest BCUT2D eigenvalue weighted by molar-refractivity contribution is 7.99. The van der Waals surface area contributed by atoms with E-state index >= 15 is 0 Å². The van der Waals surface area contributed by atoms with E-state index < -0.39 is 23.6 Å². The summed E-state index contributed by atoms with van der Waals surface area (Å²) >= 11 is 1.06. The highest BCUT2D eigenvalue weighted by Crippen LogP contribution is 2.23. The Balaban J connectivity index is 2.66. The lowest BCUT2D eigenvalue weighted by Gasteiger charge is -2.17. The van der Waals surface area contributed by atoms with E-state index in [0.29, 0.717) is 0 Å². The topological polar surface area (TPSA) is 55.1 Å². The number of thioether (sulfide) groups is 1. The van der Waals surface area contributed by atoms with Crippen LogP contribution in [0.15, 0.2) is 23.1 Å². The molecule has 0 spiro atoms. The van der Waals surface area contributed by atoms with Crippen LogP contribution >= 0.6 is 11.8 Å². The van der Waals surface area contributed by atoms with Crippen molar-refractivity contribution in [3.63, 3.8) is 0 Å². The summed E-state index contributed by atoms with van der Waals surface area (Å²) < 4.78 is 26.3. The number of hydrogen-bond donors (Lipinski definition) is 2. The fraction of sp³-hybridized carbons (Fsp3) is 0.417. The minimum absolute atomic E-state index is 0.0838. The van der Waals surface area contributed by atoms with E-state index in [-0.39, 0.29) is 16.7 Å². The molecule has 1 amide bonds. The van der Waals surface area contributed by atoms with Crippen LogP contribution in [0.25, 0.3) is 0 Å². The van der Waals surface area contributed by atoms with Crippen molar-refractivity contribution in [2.75, 3.05) is 5.75 Å². The molecule has 0 aliphatic heterocycles. The van der Waals surface area contributed by atoms with Gasteiger partial charge in [-0.3, -0.25) is 4.79 Å². The van der Waals surface area contributed by atoms with E-state index in [4.69, 9.17) is 5.73 Å². The summed E-state index contributed by atoms with van der Waals surface area (Å²) in [4.78, 5) is 11.4. The number of carbonyl (C=O) groups is 1. The molecule has 1 atom stereocenters. The normalized spacial score (nSPS) is 12.7. The lowest BCUT2D eigenvalue weighted by Crippen LogP contribution is -2.46. The predicted octanol–water partition coefficient (Wildman–Crippen LogP) is 1.91. The fourth-order valence-electron chi connectivity index (χ4n) is 1.38. The van der Waals surface area contributed by atoms with Gasteiger partial charge in [0.15, 0.2) is 0 Å². The summed E-state index contributed by atoms with van der Waals surface area (Å²) in [5.74, 6) is -1.26. The second kappa shape index (κ2) is 6.70. The Morgan fingerprint density at radius 2 is 2.11 bits per heavy atom. The molecule has 0 bridgehead atoms. The van der Waals surface area contributed by atoms with Gasteiger partial charge < -0.3 is 11.1 Å². The van der Waals surface area contributed by atoms with Gasteiger partial charge in [0.05, 0.1) is 6.04 Å². The van der Waals surface area contributed by atoms with Gasteiger partial charge in [0, 0.05) is 16.7 Å². The van der Waals surface area contributed by atoms with E-state index in [0.717, 1.165) is 30.0 Å². The van der Waals surface area contributed by atoms with E-state index in [9.17, 15) is 13.6 Å². The Hall–Kier alpha value is -1.14. The first kappa shape index (κ1) is 14.9. The van der Waals surface area contributed by atoms with Crippen molar-refractivity contribution in [3.05, 3.63) is 29.8 Å². The molecule has 0 saturated heterocycles. The van der Waals surface area contributed by atoms with Crippen molar-refractivity contribution in [2.24, 2.45) is 5.73 Å². The summed E-state index contributed by atoms with van der Waals surface area (Å²) in [7, 11) is 0. The van der Waals surface area contributed by atoms with Crippen molar-refractivity contribution in [2.45, 2.75) is 30.8 Å². The van der Waals surface area contributed by atoms with Crippen molar-refractivity contribution in [1.29, 1.82) is 0 Å². The van der Waals surface area contributed by atoms with Gasteiger partial charge in [-0.1, -0.05) is 13.8 Å². The van der Waals surface area contributed by atoms with E-state index in [1.54, 1.807) is 0 Å². The van der Waals surface area contributed by atoms with Crippen molar-refractivity contribution >= 4 is 17.7 Å². The maximum atomic E-state index is 13.4. The van der Waals surface area contributed by atoms with Gasteiger partial charge in [0.2, 0.25) is 5.91 Å². The molecule has 18 heavy (non-hydrogen) atoms. The minimum atomic E-state index is -0.572. The van der Waals surface area contributed by atoms with Crippen LogP contribution in [0, 0.1) is 11.6 Å². The zero-order valence-electron chi connectivity index (χ0n) is 10.2. The van der Waals surface area contributed by atoms with E-state index in [1.165, 1.54) is 0 Å². The van der Waals surface area contributed by atoms with Crippen LogP contribution in [-0.4, -0.2) is 23.7 Å². The Labute approximate surface area is 109 Å². The standard InChI is InChI=1S/C12H16F2N2OS/c1-7(2)16-10(12(15)17)6-18-11-5-8(13)3-4-9(11)14/h3-5,7,10,16H,6H2,1-2H3,(H2,15,17). The predicted molar refractivity (Wildman–Crippen MR) is 68.3 cm³/mol. The average molecular weight is 274 g/mol. The number of hydrogen-bond acceptors (Lipinski definition) is 3. The quantitative estimate of drug-likeness (QED) is 0.779. The van der Waals surface area contributed by atoms with Crippen LogP contribution in [-0.2, 0) is 4.79 Å². The zero-order valence-corrected chi connectivity index (χ0v) is 11.1. The van der Waals surface area contributed by atoms with Gasteiger partial charge in [-0.05, 0) is 18.2 Å². The van der Waals surface area contributed by atoms with Crippen LogP contribution in [0.1, 0.15) is 13.8 Å². The van der Waals surface area contributed by atoms with Crippen molar-refractivity contribution in [1.82, 2.24) is 5.32 Å². The van der Waals surface area contributed by atoms with E-state index in [2.05, 4.69) is 5.32 Å². The number of halogens is 2. The molecular formula is C12H16F2N2OS.